The monoisotopic (exact) mass is 543 g/mol. The van der Waals surface area contributed by atoms with E-state index in [1.165, 1.54) is 0 Å². The summed E-state index contributed by atoms with van der Waals surface area (Å²) in [6.45, 7) is 4.33. The molecule has 2 saturated carbocycles. The Balaban J connectivity index is 1.46. The third kappa shape index (κ3) is 5.37. The van der Waals surface area contributed by atoms with Crippen LogP contribution in [0.4, 0.5) is 16.3 Å². The molecule has 38 heavy (non-hydrogen) atoms. The standard InChI is InChI=1S/C27H37N5O5S/c1-19-18-37-16-14-32(19)24-17-23(27(11-12-27)38(35,36)22-5-2-3-6-22)30-25(31-24)20-7-9-21(10-8-20)29-26(34)28-13-4-15-33/h7-10,17,19,22,33H,2-6,11-16,18H2,1H3,(H2,28,29,34)/t19-/m0/s1. The molecule has 10 nitrogen and oxygen atoms in total. The Hall–Kier alpha value is -2.76. The lowest BCUT2D eigenvalue weighted by Crippen LogP contribution is -2.44. The normalized spacial score (nSPS) is 21.3. The lowest BCUT2D eigenvalue weighted by Gasteiger charge is -2.35. The zero-order chi connectivity index (χ0) is 26.8. The Morgan fingerprint density at radius 2 is 1.92 bits per heavy atom. The van der Waals surface area contributed by atoms with E-state index in [0.717, 1.165) is 37.1 Å². The van der Waals surface area contributed by atoms with E-state index in [1.54, 1.807) is 12.1 Å². The van der Waals surface area contributed by atoms with Crippen molar-refractivity contribution < 1.29 is 23.1 Å². The van der Waals surface area contributed by atoms with Gasteiger partial charge in [-0.3, -0.25) is 0 Å². The minimum Gasteiger partial charge on any atom is -0.396 e. The number of nitrogens with zero attached hydrogens (tertiary/aromatic N) is 3. The number of urea groups is 1. The first kappa shape index (κ1) is 26.8. The highest BCUT2D eigenvalue weighted by molar-refractivity contribution is 7.93. The number of morpholine rings is 1. The van der Waals surface area contributed by atoms with Gasteiger partial charge in [-0.25, -0.2) is 23.2 Å². The van der Waals surface area contributed by atoms with Crippen molar-refractivity contribution in [3.8, 4) is 11.4 Å². The second-order valence-corrected chi connectivity index (χ2v) is 13.1. The maximum Gasteiger partial charge on any atom is 0.319 e. The fourth-order valence-corrected chi connectivity index (χ4v) is 8.15. The van der Waals surface area contributed by atoms with Crippen molar-refractivity contribution in [3.05, 3.63) is 36.0 Å². The molecule has 0 radical (unpaired) electrons. The van der Waals surface area contributed by atoms with Crippen molar-refractivity contribution >= 4 is 27.4 Å². The van der Waals surface area contributed by atoms with Gasteiger partial charge in [0.1, 0.15) is 10.6 Å². The number of hydrogen-bond donors (Lipinski definition) is 3. The average molecular weight is 544 g/mol. The number of anilines is 2. The van der Waals surface area contributed by atoms with Crippen molar-refractivity contribution in [2.45, 2.75) is 67.9 Å². The van der Waals surface area contributed by atoms with Crippen LogP contribution in [0.15, 0.2) is 30.3 Å². The zero-order valence-electron chi connectivity index (χ0n) is 21.9. The van der Waals surface area contributed by atoms with Crippen molar-refractivity contribution in [2.75, 3.05) is 43.1 Å². The number of aliphatic hydroxyl groups is 1. The van der Waals surface area contributed by atoms with Gasteiger partial charge in [0.2, 0.25) is 0 Å². The van der Waals surface area contributed by atoms with Crippen LogP contribution in [0.2, 0.25) is 0 Å². The summed E-state index contributed by atoms with van der Waals surface area (Å²) in [4.78, 5) is 24.0. The molecular weight excluding hydrogens is 506 g/mol. The number of benzene rings is 1. The molecule has 1 aliphatic heterocycles. The molecule has 1 atom stereocenters. The summed E-state index contributed by atoms with van der Waals surface area (Å²) in [6, 6.07) is 8.86. The predicted octanol–water partition coefficient (Wildman–Crippen LogP) is 3.22. The van der Waals surface area contributed by atoms with Crippen LogP contribution in [-0.2, 0) is 19.3 Å². The van der Waals surface area contributed by atoms with E-state index in [9.17, 15) is 13.2 Å². The van der Waals surface area contributed by atoms with Crippen LogP contribution in [0.3, 0.4) is 0 Å². The summed E-state index contributed by atoms with van der Waals surface area (Å²) >= 11 is 0. The first-order chi connectivity index (χ1) is 18.3. The molecule has 2 aromatic rings. The average Bonchev–Trinajstić information content (AvgIpc) is 3.56. The fourth-order valence-electron chi connectivity index (χ4n) is 5.49. The van der Waals surface area contributed by atoms with Crippen molar-refractivity contribution in [3.63, 3.8) is 0 Å². The van der Waals surface area contributed by atoms with Gasteiger partial charge in [0, 0.05) is 37.0 Å². The zero-order valence-corrected chi connectivity index (χ0v) is 22.7. The Kier molecular flexibility index (Phi) is 7.88. The number of aromatic nitrogens is 2. The molecular formula is C27H37N5O5S. The van der Waals surface area contributed by atoms with Gasteiger partial charge < -0.3 is 25.4 Å². The van der Waals surface area contributed by atoms with Gasteiger partial charge in [0.15, 0.2) is 15.7 Å². The maximum absolute atomic E-state index is 13.8. The van der Waals surface area contributed by atoms with Crippen LogP contribution in [0, 0.1) is 0 Å². The number of carbonyl (C=O) groups is 1. The van der Waals surface area contributed by atoms with Crippen LogP contribution in [0.25, 0.3) is 11.4 Å². The Morgan fingerprint density at radius 1 is 1.18 bits per heavy atom. The number of amides is 2. The summed E-state index contributed by atoms with van der Waals surface area (Å²) in [7, 11) is -3.37. The van der Waals surface area contributed by atoms with Gasteiger partial charge in [-0.2, -0.15) is 0 Å². The molecule has 3 fully saturated rings. The number of ether oxygens (including phenoxy) is 1. The minimum atomic E-state index is -3.37. The highest BCUT2D eigenvalue weighted by atomic mass is 32.2. The molecule has 0 bridgehead atoms. The topological polar surface area (TPSA) is 134 Å². The predicted molar refractivity (Wildman–Crippen MR) is 146 cm³/mol. The van der Waals surface area contributed by atoms with Gasteiger partial charge >= 0.3 is 6.03 Å². The largest absolute Gasteiger partial charge is 0.396 e. The Bertz CT molecular complexity index is 1240. The van der Waals surface area contributed by atoms with E-state index < -0.39 is 14.6 Å². The summed E-state index contributed by atoms with van der Waals surface area (Å²) < 4.78 is 32.3. The SMILES string of the molecule is C[C@H]1COCCN1c1cc(C2(S(=O)(=O)C3CCCC3)CC2)nc(-c2ccc(NC(=O)NCCCO)cc2)n1. The van der Waals surface area contributed by atoms with Gasteiger partial charge in [-0.05, 0) is 63.3 Å². The molecule has 206 valence electrons. The molecule has 2 amide bonds. The Morgan fingerprint density at radius 3 is 2.58 bits per heavy atom. The number of rotatable bonds is 9. The van der Waals surface area contributed by atoms with Crippen LogP contribution >= 0.6 is 0 Å². The molecule has 0 spiro atoms. The molecule has 3 aliphatic rings. The number of nitrogens with one attached hydrogen (secondary N) is 2. The van der Waals surface area contributed by atoms with E-state index in [-0.39, 0.29) is 23.9 Å². The smallest absolute Gasteiger partial charge is 0.319 e. The molecule has 1 aromatic heterocycles. The fraction of sp³-hybridized carbons (Fsp3) is 0.593. The highest BCUT2D eigenvalue weighted by Gasteiger charge is 2.59. The quantitative estimate of drug-likeness (QED) is 0.411. The van der Waals surface area contributed by atoms with Crippen LogP contribution in [-0.4, -0.2) is 73.7 Å². The van der Waals surface area contributed by atoms with Crippen LogP contribution < -0.4 is 15.5 Å². The van der Waals surface area contributed by atoms with E-state index in [0.29, 0.717) is 62.8 Å². The minimum absolute atomic E-state index is 0.0164. The number of carbonyl (C=O) groups excluding carboxylic acids is 1. The summed E-state index contributed by atoms with van der Waals surface area (Å²) in [6.07, 6.45) is 5.07. The van der Waals surface area contributed by atoms with E-state index >= 15 is 0 Å². The molecule has 2 aliphatic carbocycles. The number of hydrogen-bond acceptors (Lipinski definition) is 8. The van der Waals surface area contributed by atoms with E-state index in [4.69, 9.17) is 19.8 Å². The molecule has 1 aromatic carbocycles. The maximum atomic E-state index is 13.8. The second kappa shape index (κ2) is 11.2. The van der Waals surface area contributed by atoms with Crippen LogP contribution in [0.5, 0.6) is 0 Å². The first-order valence-electron chi connectivity index (χ1n) is 13.6. The van der Waals surface area contributed by atoms with Crippen molar-refractivity contribution in [2.24, 2.45) is 0 Å². The molecule has 2 heterocycles. The van der Waals surface area contributed by atoms with Crippen LogP contribution in [0.1, 0.15) is 57.6 Å². The van der Waals surface area contributed by atoms with Crippen molar-refractivity contribution in [1.82, 2.24) is 15.3 Å². The van der Waals surface area contributed by atoms with Gasteiger partial charge in [-0.15, -0.1) is 0 Å². The lowest BCUT2D eigenvalue weighted by molar-refractivity contribution is 0.0985. The molecule has 3 N–H and O–H groups in total. The van der Waals surface area contributed by atoms with E-state index in [2.05, 4.69) is 22.5 Å². The second-order valence-electron chi connectivity index (χ2n) is 10.5. The third-order valence-corrected chi connectivity index (χ3v) is 10.9. The van der Waals surface area contributed by atoms with Gasteiger partial charge in [0.05, 0.1) is 30.2 Å². The van der Waals surface area contributed by atoms with E-state index in [1.807, 2.05) is 18.2 Å². The van der Waals surface area contributed by atoms with Crippen molar-refractivity contribution in [1.29, 1.82) is 0 Å². The number of aliphatic hydroxyl groups excluding tert-OH is 1. The number of sulfone groups is 1. The van der Waals surface area contributed by atoms with Gasteiger partial charge in [-0.1, -0.05) is 12.8 Å². The summed E-state index contributed by atoms with van der Waals surface area (Å²) in [5.41, 5.74) is 1.94. The third-order valence-electron chi connectivity index (χ3n) is 7.85. The molecule has 1 saturated heterocycles. The summed E-state index contributed by atoms with van der Waals surface area (Å²) in [5, 5.41) is 14.0. The molecule has 5 rings (SSSR count). The molecule has 11 heteroatoms. The Labute approximate surface area is 224 Å². The van der Waals surface area contributed by atoms with Gasteiger partial charge in [0.25, 0.3) is 0 Å². The molecule has 0 unspecified atom stereocenters. The summed E-state index contributed by atoms with van der Waals surface area (Å²) in [5.74, 6) is 1.20. The first-order valence-corrected chi connectivity index (χ1v) is 15.1. The lowest BCUT2D eigenvalue weighted by atomic mass is 10.1. The highest BCUT2D eigenvalue weighted by Crippen LogP contribution is 2.55.